The largest absolute Gasteiger partial charge is 0.468 e. The van der Waals surface area contributed by atoms with Crippen molar-refractivity contribution in [3.05, 3.63) is 54.1 Å². The smallest absolute Gasteiger partial charge is 0.210 e. The lowest BCUT2D eigenvalue weighted by Crippen LogP contribution is -2.39. The lowest BCUT2D eigenvalue weighted by atomic mass is 9.92. The van der Waals surface area contributed by atoms with Crippen LogP contribution in [0, 0.1) is 0 Å². The highest BCUT2D eigenvalue weighted by Crippen LogP contribution is 2.36. The molecule has 4 rings (SSSR count). The third-order valence-electron chi connectivity index (χ3n) is 6.97. The summed E-state index contributed by atoms with van der Waals surface area (Å²) < 4.78 is 15.2. The van der Waals surface area contributed by atoms with Crippen molar-refractivity contribution in [2.24, 2.45) is 0 Å². The summed E-state index contributed by atoms with van der Waals surface area (Å²) in [5.41, 5.74) is 3.39. The highest BCUT2D eigenvalue weighted by atomic mass is 16.7. The summed E-state index contributed by atoms with van der Waals surface area (Å²) in [5.74, 6) is 0.816. The minimum atomic E-state index is 0.148. The van der Waals surface area contributed by atoms with Crippen LogP contribution in [0.1, 0.15) is 77.3 Å². The Bertz CT molecular complexity index is 954. The molecule has 2 amide bonds. The van der Waals surface area contributed by atoms with E-state index in [1.165, 1.54) is 37.7 Å². The molecule has 1 saturated carbocycles. The zero-order valence-corrected chi connectivity index (χ0v) is 26.6. The van der Waals surface area contributed by atoms with Crippen molar-refractivity contribution < 1.29 is 23.8 Å². The van der Waals surface area contributed by atoms with E-state index in [4.69, 9.17) is 14.2 Å². The second-order valence-corrected chi connectivity index (χ2v) is 9.92. The van der Waals surface area contributed by atoms with Crippen LogP contribution < -0.4 is 20.7 Å². The van der Waals surface area contributed by atoms with Crippen molar-refractivity contribution in [3.8, 4) is 5.75 Å². The first-order valence-electron chi connectivity index (χ1n) is 15.2. The molecule has 2 aromatic carbocycles. The number of para-hydroxylation sites is 1. The van der Waals surface area contributed by atoms with E-state index in [-0.39, 0.29) is 12.1 Å². The Morgan fingerprint density at radius 2 is 1.67 bits per heavy atom. The summed E-state index contributed by atoms with van der Waals surface area (Å²) in [6, 6.07) is 16.8. The molecule has 0 aromatic heterocycles. The summed E-state index contributed by atoms with van der Waals surface area (Å²) in [5, 5.41) is 9.31. The molecule has 2 aliphatic rings. The number of nitrogens with zero attached hydrogens (tertiary/aromatic N) is 1. The van der Waals surface area contributed by atoms with E-state index < -0.39 is 0 Å². The molecule has 3 N–H and O–H groups in total. The molecule has 0 radical (unpaired) electrons. The average molecular weight is 587 g/mol. The maximum Gasteiger partial charge on any atom is 0.210 e. The Balaban J connectivity index is 0.000000329. The first-order valence-corrected chi connectivity index (χ1v) is 15.2. The fourth-order valence-electron chi connectivity index (χ4n) is 4.97. The van der Waals surface area contributed by atoms with Crippen molar-refractivity contribution in [3.63, 3.8) is 0 Å². The van der Waals surface area contributed by atoms with E-state index in [9.17, 15) is 9.59 Å². The van der Waals surface area contributed by atoms with Crippen LogP contribution in [-0.4, -0.2) is 71.0 Å². The molecule has 42 heavy (non-hydrogen) atoms. The van der Waals surface area contributed by atoms with Crippen LogP contribution in [-0.2, 0) is 19.1 Å². The normalized spacial score (nSPS) is 17.1. The van der Waals surface area contributed by atoms with Crippen LogP contribution >= 0.6 is 0 Å². The van der Waals surface area contributed by atoms with Crippen LogP contribution in [0.15, 0.2) is 48.5 Å². The van der Waals surface area contributed by atoms with Gasteiger partial charge in [-0.1, -0.05) is 58.2 Å². The van der Waals surface area contributed by atoms with Crippen LogP contribution in [0.4, 0.5) is 11.4 Å². The van der Waals surface area contributed by atoms with Gasteiger partial charge in [-0.3, -0.25) is 9.59 Å². The van der Waals surface area contributed by atoms with E-state index in [0.717, 1.165) is 49.3 Å². The summed E-state index contributed by atoms with van der Waals surface area (Å²) in [6.07, 6.45) is 9.92. The number of anilines is 2. The highest BCUT2D eigenvalue weighted by molar-refractivity contribution is 5.58. The van der Waals surface area contributed by atoms with Gasteiger partial charge >= 0.3 is 0 Å². The number of amides is 2. The molecule has 1 fully saturated rings. The molecule has 0 bridgehead atoms. The molecule has 9 nitrogen and oxygen atoms in total. The lowest BCUT2D eigenvalue weighted by Gasteiger charge is -2.37. The van der Waals surface area contributed by atoms with Gasteiger partial charge < -0.3 is 35.1 Å². The predicted octanol–water partition coefficient (Wildman–Crippen LogP) is 6.23. The second kappa shape index (κ2) is 23.3. The molecule has 0 spiro atoms. The number of ether oxygens (including phenoxy) is 3. The van der Waals surface area contributed by atoms with E-state index >= 15 is 0 Å². The van der Waals surface area contributed by atoms with Gasteiger partial charge in [0.25, 0.3) is 0 Å². The first-order chi connectivity index (χ1) is 20.6. The summed E-state index contributed by atoms with van der Waals surface area (Å²) in [7, 11) is 5.19. The quantitative estimate of drug-likeness (QED) is 0.200. The molecular weight excluding hydrogens is 532 g/mol. The number of methoxy groups -OCH3 is 2. The third-order valence-corrected chi connectivity index (χ3v) is 6.97. The van der Waals surface area contributed by atoms with Gasteiger partial charge in [-0.2, -0.15) is 0 Å². The number of rotatable bonds is 12. The number of carbonyl (C=O) groups is 2. The monoisotopic (exact) mass is 586 g/mol. The zero-order valence-electron chi connectivity index (χ0n) is 26.6. The molecule has 236 valence electrons. The first kappa shape index (κ1) is 36.7. The molecule has 0 saturated heterocycles. The average Bonchev–Trinajstić information content (AvgIpc) is 3.05. The van der Waals surface area contributed by atoms with Crippen LogP contribution in [0.25, 0.3) is 0 Å². The predicted molar refractivity (Wildman–Crippen MR) is 172 cm³/mol. The van der Waals surface area contributed by atoms with Crippen molar-refractivity contribution in [1.29, 1.82) is 0 Å². The summed E-state index contributed by atoms with van der Waals surface area (Å²) in [4.78, 5) is 23.2. The van der Waals surface area contributed by atoms with Crippen LogP contribution in [0.5, 0.6) is 5.75 Å². The summed E-state index contributed by atoms with van der Waals surface area (Å²) in [6.45, 7) is 7.83. The van der Waals surface area contributed by atoms with Gasteiger partial charge in [-0.25, -0.2) is 0 Å². The van der Waals surface area contributed by atoms with Crippen molar-refractivity contribution in [1.82, 2.24) is 10.2 Å². The Labute approximate surface area is 253 Å². The molecule has 1 aliphatic heterocycles. The Morgan fingerprint density at radius 1 is 0.976 bits per heavy atom. The number of fused-ring (bicyclic) bond motifs is 1. The highest BCUT2D eigenvalue weighted by Gasteiger charge is 2.29. The minimum absolute atomic E-state index is 0.148. The topological polar surface area (TPSA) is 101 Å². The van der Waals surface area contributed by atoms with E-state index in [0.29, 0.717) is 19.4 Å². The number of hydrogen-bond donors (Lipinski definition) is 3. The SMILES string of the molecule is CC.CCCN(C=O)[C@@H]1C[C@H](COC)Nc2ccccc21.CNc1ccc(OCOC)cc1.O=CNC1CCCCC1. The lowest BCUT2D eigenvalue weighted by molar-refractivity contribution is -0.120. The van der Waals surface area contributed by atoms with Gasteiger partial charge in [-0.05, 0) is 61.6 Å². The minimum Gasteiger partial charge on any atom is -0.468 e. The Morgan fingerprint density at radius 3 is 2.24 bits per heavy atom. The van der Waals surface area contributed by atoms with E-state index in [1.54, 1.807) is 14.2 Å². The van der Waals surface area contributed by atoms with Gasteiger partial charge in [0, 0.05) is 45.2 Å². The van der Waals surface area contributed by atoms with Gasteiger partial charge in [0.15, 0.2) is 6.79 Å². The Kier molecular flexibility index (Phi) is 20.4. The number of benzene rings is 2. The molecule has 1 aliphatic carbocycles. The maximum atomic E-state index is 11.3. The van der Waals surface area contributed by atoms with Gasteiger partial charge in [0.2, 0.25) is 12.8 Å². The number of nitrogens with one attached hydrogen (secondary N) is 3. The van der Waals surface area contributed by atoms with E-state index in [1.807, 2.05) is 62.2 Å². The van der Waals surface area contributed by atoms with Crippen molar-refractivity contribution >= 4 is 24.2 Å². The zero-order chi connectivity index (χ0) is 31.0. The van der Waals surface area contributed by atoms with Crippen molar-refractivity contribution in [2.75, 3.05) is 51.8 Å². The number of carbonyl (C=O) groups excluding carboxylic acids is 2. The molecule has 1 heterocycles. The number of hydrogen-bond acceptors (Lipinski definition) is 7. The van der Waals surface area contributed by atoms with Gasteiger partial charge in [0.1, 0.15) is 5.75 Å². The summed E-state index contributed by atoms with van der Waals surface area (Å²) >= 11 is 0. The van der Waals surface area contributed by atoms with Gasteiger partial charge in [-0.15, -0.1) is 0 Å². The third kappa shape index (κ3) is 13.6. The fourth-order valence-corrected chi connectivity index (χ4v) is 4.97. The maximum absolute atomic E-state index is 11.3. The van der Waals surface area contributed by atoms with Gasteiger partial charge in [0.05, 0.1) is 18.7 Å². The van der Waals surface area contributed by atoms with Crippen LogP contribution in [0.3, 0.4) is 0 Å². The molecule has 9 heteroatoms. The standard InChI is InChI=1S/C15H22N2O2.C9H13NO2.C7H13NO.C2H6/c1-3-8-17(11-18)15-9-12(10-19-2)16-14-7-5-4-6-13(14)15;1-10-8-3-5-9(6-4-8)12-7-11-2;9-6-8-7-4-2-1-3-5-7;1-2/h4-7,11-12,15-16H,3,8-10H2,1-2H3;3-6,10H,7H2,1-2H3;6-7H,1-5H2,(H,8,9);1-2H3/t12-,15-;;;/m1.../s1. The van der Waals surface area contributed by atoms with E-state index in [2.05, 4.69) is 35.0 Å². The molecular formula is C33H54N4O5. The molecule has 2 aromatic rings. The molecule has 0 unspecified atom stereocenters. The molecule has 2 atom stereocenters. The fraction of sp³-hybridized carbons (Fsp3) is 0.576. The second-order valence-electron chi connectivity index (χ2n) is 9.92. The van der Waals surface area contributed by atoms with Crippen molar-refractivity contribution in [2.45, 2.75) is 83.8 Å². The Hall–Kier alpha value is -3.30. The van der Waals surface area contributed by atoms with Crippen LogP contribution in [0.2, 0.25) is 0 Å².